The quantitative estimate of drug-likeness (QED) is 0.922. The first-order valence-corrected chi connectivity index (χ1v) is 9.36. The molecule has 3 rings (SSSR count). The van der Waals surface area contributed by atoms with E-state index in [2.05, 4.69) is 11.6 Å². The summed E-state index contributed by atoms with van der Waals surface area (Å²) >= 11 is 0. The Hall–Kier alpha value is -1.40. The molecule has 1 heterocycles. The first kappa shape index (κ1) is 15.5. The zero-order valence-corrected chi connectivity index (χ0v) is 13.6. The van der Waals surface area contributed by atoms with Gasteiger partial charge in [0, 0.05) is 24.7 Å². The van der Waals surface area contributed by atoms with Crippen molar-refractivity contribution in [3.8, 4) is 0 Å². The molecule has 0 radical (unpaired) electrons. The third-order valence-corrected chi connectivity index (χ3v) is 5.75. The Morgan fingerprint density at radius 1 is 1.27 bits per heavy atom. The molecule has 0 aromatic heterocycles. The van der Waals surface area contributed by atoms with Gasteiger partial charge in [0.15, 0.2) is 0 Å². The van der Waals surface area contributed by atoms with Crippen molar-refractivity contribution >= 4 is 15.9 Å². The second-order valence-corrected chi connectivity index (χ2v) is 8.14. The van der Waals surface area contributed by atoms with Crippen LogP contribution in [0.2, 0.25) is 0 Å². The molecule has 6 heteroatoms. The molecule has 1 saturated carbocycles. The number of carbonyl (C=O) groups excluding carboxylic acids is 1. The number of hydrogen-bond donors (Lipinski definition) is 1. The molecule has 22 heavy (non-hydrogen) atoms. The number of hydrogen-bond acceptors (Lipinski definition) is 3. The summed E-state index contributed by atoms with van der Waals surface area (Å²) in [5.41, 5.74) is 0.452. The standard InChI is InChI=1S/C16H22N2O3S/c1-12-4-3-9-18(11-12)16(19)13-5-2-6-15(10-13)22(20,21)17-14-7-8-14/h2,5-6,10,12,14,17H,3-4,7-9,11H2,1H3. The van der Waals surface area contributed by atoms with E-state index in [0.29, 0.717) is 11.5 Å². The number of rotatable bonds is 4. The van der Waals surface area contributed by atoms with Crippen LogP contribution in [-0.2, 0) is 10.0 Å². The van der Waals surface area contributed by atoms with Crippen LogP contribution in [0, 0.1) is 5.92 Å². The molecule has 1 saturated heterocycles. The maximum Gasteiger partial charge on any atom is 0.253 e. The summed E-state index contributed by atoms with van der Waals surface area (Å²) in [5, 5.41) is 0. The highest BCUT2D eigenvalue weighted by atomic mass is 32.2. The Balaban J connectivity index is 1.79. The van der Waals surface area contributed by atoms with E-state index in [0.717, 1.165) is 38.8 Å². The predicted molar refractivity (Wildman–Crippen MR) is 84.1 cm³/mol. The summed E-state index contributed by atoms with van der Waals surface area (Å²) in [4.78, 5) is 14.6. The maximum absolute atomic E-state index is 12.6. The summed E-state index contributed by atoms with van der Waals surface area (Å²) in [7, 11) is -3.52. The van der Waals surface area contributed by atoms with Crippen LogP contribution in [0.1, 0.15) is 43.0 Å². The molecular formula is C16H22N2O3S. The van der Waals surface area contributed by atoms with Gasteiger partial charge < -0.3 is 4.90 Å². The lowest BCUT2D eigenvalue weighted by molar-refractivity contribution is 0.0683. The number of sulfonamides is 1. The Morgan fingerprint density at radius 2 is 2.05 bits per heavy atom. The topological polar surface area (TPSA) is 66.5 Å². The van der Waals surface area contributed by atoms with Gasteiger partial charge in [-0.2, -0.15) is 0 Å². The van der Waals surface area contributed by atoms with Crippen molar-refractivity contribution in [3.63, 3.8) is 0 Å². The molecule has 1 aliphatic carbocycles. The SMILES string of the molecule is CC1CCCN(C(=O)c2cccc(S(=O)(=O)NC3CC3)c2)C1. The lowest BCUT2D eigenvalue weighted by Gasteiger charge is -2.31. The van der Waals surface area contributed by atoms with Crippen molar-refractivity contribution in [1.82, 2.24) is 9.62 Å². The summed E-state index contributed by atoms with van der Waals surface area (Å²) in [6.07, 6.45) is 3.94. The minimum Gasteiger partial charge on any atom is -0.338 e. The van der Waals surface area contributed by atoms with Crippen LogP contribution < -0.4 is 4.72 Å². The predicted octanol–water partition coefficient (Wildman–Crippen LogP) is 2.00. The average Bonchev–Trinajstić information content (AvgIpc) is 3.30. The molecular weight excluding hydrogens is 300 g/mol. The summed E-state index contributed by atoms with van der Waals surface area (Å²) in [5.74, 6) is 0.427. The number of carbonyl (C=O) groups is 1. The van der Waals surface area contributed by atoms with Gasteiger partial charge in [-0.1, -0.05) is 13.0 Å². The summed E-state index contributed by atoms with van der Waals surface area (Å²) in [6, 6.07) is 6.43. The van der Waals surface area contributed by atoms with Crippen LogP contribution in [0.5, 0.6) is 0 Å². The van der Waals surface area contributed by atoms with Gasteiger partial charge in [-0.25, -0.2) is 13.1 Å². The molecule has 5 nitrogen and oxygen atoms in total. The van der Waals surface area contributed by atoms with E-state index in [4.69, 9.17) is 0 Å². The van der Waals surface area contributed by atoms with Crippen molar-refractivity contribution in [3.05, 3.63) is 29.8 Å². The Morgan fingerprint density at radius 3 is 2.73 bits per heavy atom. The van der Waals surface area contributed by atoms with Crippen LogP contribution in [0.25, 0.3) is 0 Å². The molecule has 120 valence electrons. The first-order chi connectivity index (χ1) is 10.5. The molecule has 2 aliphatic rings. The number of likely N-dealkylation sites (tertiary alicyclic amines) is 1. The van der Waals surface area contributed by atoms with Gasteiger partial charge in [0.25, 0.3) is 5.91 Å². The lowest BCUT2D eigenvalue weighted by atomic mass is 9.99. The van der Waals surface area contributed by atoms with Gasteiger partial charge in [0.05, 0.1) is 4.90 Å². The molecule has 1 aliphatic heterocycles. The second kappa shape index (κ2) is 6.01. The summed E-state index contributed by atoms with van der Waals surface area (Å²) in [6.45, 7) is 3.64. The third-order valence-electron chi connectivity index (χ3n) is 4.23. The molecule has 1 aromatic carbocycles. The largest absolute Gasteiger partial charge is 0.338 e. The van der Waals surface area contributed by atoms with Crippen molar-refractivity contribution in [2.45, 2.75) is 43.5 Å². The molecule has 1 unspecified atom stereocenters. The normalized spacial score (nSPS) is 22.6. The Labute approximate surface area is 131 Å². The second-order valence-electron chi connectivity index (χ2n) is 6.42. The van der Waals surface area contributed by atoms with Crippen LogP contribution >= 0.6 is 0 Å². The fourth-order valence-electron chi connectivity index (χ4n) is 2.84. The van der Waals surface area contributed by atoms with E-state index < -0.39 is 10.0 Å². The maximum atomic E-state index is 12.6. The molecule has 0 spiro atoms. The van der Waals surface area contributed by atoms with Crippen molar-refractivity contribution in [1.29, 1.82) is 0 Å². The van der Waals surface area contributed by atoms with E-state index in [-0.39, 0.29) is 16.8 Å². The van der Waals surface area contributed by atoms with Crippen molar-refractivity contribution < 1.29 is 13.2 Å². The Bertz CT molecular complexity index is 668. The molecule has 2 fully saturated rings. The van der Waals surface area contributed by atoms with Gasteiger partial charge in [-0.15, -0.1) is 0 Å². The zero-order valence-electron chi connectivity index (χ0n) is 12.8. The number of nitrogens with zero attached hydrogens (tertiary/aromatic N) is 1. The van der Waals surface area contributed by atoms with Crippen LogP contribution in [0.4, 0.5) is 0 Å². The number of piperidine rings is 1. The van der Waals surface area contributed by atoms with Gasteiger partial charge in [-0.3, -0.25) is 4.79 Å². The van der Waals surface area contributed by atoms with Gasteiger partial charge in [0.1, 0.15) is 0 Å². The number of nitrogens with one attached hydrogen (secondary N) is 1. The molecule has 1 atom stereocenters. The number of amides is 1. The van der Waals surface area contributed by atoms with Gasteiger partial charge >= 0.3 is 0 Å². The lowest BCUT2D eigenvalue weighted by Crippen LogP contribution is -2.39. The highest BCUT2D eigenvalue weighted by molar-refractivity contribution is 7.89. The zero-order chi connectivity index (χ0) is 15.7. The average molecular weight is 322 g/mol. The van der Waals surface area contributed by atoms with E-state index >= 15 is 0 Å². The fraction of sp³-hybridized carbons (Fsp3) is 0.562. The van der Waals surface area contributed by atoms with Gasteiger partial charge in [0.2, 0.25) is 10.0 Å². The number of benzene rings is 1. The van der Waals surface area contributed by atoms with E-state index in [1.807, 2.05) is 4.90 Å². The minimum atomic E-state index is -3.52. The van der Waals surface area contributed by atoms with E-state index in [1.54, 1.807) is 18.2 Å². The van der Waals surface area contributed by atoms with Crippen molar-refractivity contribution in [2.24, 2.45) is 5.92 Å². The van der Waals surface area contributed by atoms with Crippen molar-refractivity contribution in [2.75, 3.05) is 13.1 Å². The third kappa shape index (κ3) is 3.50. The Kier molecular flexibility index (Phi) is 4.23. The van der Waals surface area contributed by atoms with Crippen LogP contribution in [0.3, 0.4) is 0 Å². The molecule has 1 amide bonds. The first-order valence-electron chi connectivity index (χ1n) is 7.87. The fourth-order valence-corrected chi connectivity index (χ4v) is 4.19. The smallest absolute Gasteiger partial charge is 0.253 e. The molecule has 1 aromatic rings. The highest BCUT2D eigenvalue weighted by Gasteiger charge is 2.29. The molecule has 0 bridgehead atoms. The highest BCUT2D eigenvalue weighted by Crippen LogP contribution is 2.23. The van der Waals surface area contributed by atoms with Crippen LogP contribution in [-0.4, -0.2) is 38.4 Å². The van der Waals surface area contributed by atoms with E-state index in [1.165, 1.54) is 6.07 Å². The van der Waals surface area contributed by atoms with E-state index in [9.17, 15) is 13.2 Å². The molecule has 1 N–H and O–H groups in total. The van der Waals surface area contributed by atoms with Gasteiger partial charge in [-0.05, 0) is 49.8 Å². The summed E-state index contributed by atoms with van der Waals surface area (Å²) < 4.78 is 27.1. The van der Waals surface area contributed by atoms with Crippen LogP contribution in [0.15, 0.2) is 29.2 Å². The monoisotopic (exact) mass is 322 g/mol. The minimum absolute atomic E-state index is 0.0623.